The molecule has 0 spiro atoms. The van der Waals surface area contributed by atoms with Crippen LogP contribution in [-0.2, 0) is 4.74 Å². The number of aromatic carboxylic acids is 1. The second-order valence-electron chi connectivity index (χ2n) is 10.1. The number of nitrogens with two attached hydrogens (primary N) is 1. The molecule has 0 unspecified atom stereocenters. The van der Waals surface area contributed by atoms with Gasteiger partial charge in [-0.05, 0) is 52.8 Å². The number of carbonyl (C=O) groups is 4. The van der Waals surface area contributed by atoms with E-state index in [2.05, 4.69) is 20.6 Å². The molecule has 0 radical (unpaired) electrons. The number of carboxylic acids is 1. The van der Waals surface area contributed by atoms with Gasteiger partial charge in [-0.15, -0.1) is 0 Å². The summed E-state index contributed by atoms with van der Waals surface area (Å²) in [5.41, 5.74) is 6.24. The predicted molar refractivity (Wildman–Crippen MR) is 179 cm³/mol. The molecule has 2 aromatic heterocycles. The number of nitrogen functional groups attached to an aromatic ring is 1. The molecule has 0 saturated heterocycles. The molecule has 0 atom stereocenters. The molecular weight excluding hydrogens is 668 g/mol. The third kappa shape index (κ3) is 11.0. The van der Waals surface area contributed by atoms with E-state index in [-0.39, 0.29) is 55.8 Å². The maximum Gasteiger partial charge on any atom is 0.350 e. The van der Waals surface area contributed by atoms with E-state index in [1.807, 2.05) is 13.8 Å². The van der Waals surface area contributed by atoms with Crippen LogP contribution in [-0.4, -0.2) is 62.6 Å². The summed E-state index contributed by atoms with van der Waals surface area (Å²) in [5.74, 6) is -1.96. The van der Waals surface area contributed by atoms with E-state index in [1.165, 1.54) is 30.6 Å². The number of non-ortho nitro benzene ring substituents is 1. The van der Waals surface area contributed by atoms with Crippen molar-refractivity contribution < 1.29 is 43.4 Å². The van der Waals surface area contributed by atoms with Crippen molar-refractivity contribution in [3.8, 4) is 11.5 Å². The number of carbonyl (C=O) groups excluding carboxylic acids is 3. The number of thiazole rings is 2. The van der Waals surface area contributed by atoms with Crippen LogP contribution in [0.2, 0.25) is 0 Å². The third-order valence-corrected chi connectivity index (χ3v) is 7.23. The van der Waals surface area contributed by atoms with E-state index in [0.717, 1.165) is 28.7 Å². The second-order valence-corrected chi connectivity index (χ2v) is 12.2. The van der Waals surface area contributed by atoms with Crippen LogP contribution < -0.4 is 25.8 Å². The zero-order chi connectivity index (χ0) is 35.5. The van der Waals surface area contributed by atoms with E-state index in [1.54, 1.807) is 32.9 Å². The zero-order valence-corrected chi connectivity index (χ0v) is 28.0. The van der Waals surface area contributed by atoms with E-state index in [9.17, 15) is 29.3 Å². The monoisotopic (exact) mass is 700 g/mol. The molecule has 2 heterocycles. The average Bonchev–Trinajstić information content (AvgIpc) is 3.66. The van der Waals surface area contributed by atoms with Crippen molar-refractivity contribution in [3.63, 3.8) is 0 Å². The lowest BCUT2D eigenvalue weighted by Crippen LogP contribution is -2.13. The molecule has 0 aliphatic heterocycles. The molecule has 0 bridgehead atoms. The minimum absolute atomic E-state index is 0.0442. The summed E-state index contributed by atoms with van der Waals surface area (Å²) in [7, 11) is 0. The van der Waals surface area contributed by atoms with E-state index in [4.69, 9.17) is 25.1 Å². The van der Waals surface area contributed by atoms with Crippen LogP contribution in [0.3, 0.4) is 0 Å². The van der Waals surface area contributed by atoms with Crippen molar-refractivity contribution in [2.45, 2.75) is 46.8 Å². The highest BCUT2D eigenvalue weighted by Gasteiger charge is 2.19. The fraction of sp³-hybridized carbons (Fsp3) is 0.267. The molecule has 0 aliphatic carbocycles. The van der Waals surface area contributed by atoms with Crippen LogP contribution in [0.25, 0.3) is 0 Å². The Hall–Kier alpha value is -5.62. The summed E-state index contributed by atoms with van der Waals surface area (Å²) in [4.78, 5) is 65.5. The molecule has 2 aromatic carbocycles. The maximum atomic E-state index is 12.4. The van der Waals surface area contributed by atoms with Gasteiger partial charge in [-0.25, -0.2) is 19.6 Å². The summed E-state index contributed by atoms with van der Waals surface area (Å²) in [6, 6.07) is 8.50. The molecule has 2 amide bonds. The number of ether oxygens (including phenoxy) is 3. The van der Waals surface area contributed by atoms with Gasteiger partial charge in [-0.2, -0.15) is 0 Å². The lowest BCUT2D eigenvalue weighted by atomic mass is 10.1. The Kier molecular flexibility index (Phi) is 12.9. The first-order valence-corrected chi connectivity index (χ1v) is 15.8. The molecule has 4 rings (SSSR count). The molecular formula is C30H32N6O10S2. The highest BCUT2D eigenvalue weighted by molar-refractivity contribution is 7.17. The molecule has 5 N–H and O–H groups in total. The minimum Gasteiger partial charge on any atom is -0.491 e. The van der Waals surface area contributed by atoms with Crippen molar-refractivity contribution in [3.05, 3.63) is 79.8 Å². The molecule has 18 heteroatoms. The van der Waals surface area contributed by atoms with Crippen LogP contribution in [0, 0.1) is 10.1 Å². The predicted octanol–water partition coefficient (Wildman–Crippen LogP) is 5.73. The van der Waals surface area contributed by atoms with Gasteiger partial charge in [-0.1, -0.05) is 22.7 Å². The van der Waals surface area contributed by atoms with Gasteiger partial charge in [0.1, 0.15) is 21.3 Å². The van der Waals surface area contributed by atoms with Gasteiger partial charge in [0.2, 0.25) is 0 Å². The van der Waals surface area contributed by atoms with Gasteiger partial charge in [-0.3, -0.25) is 30.3 Å². The lowest BCUT2D eigenvalue weighted by Gasteiger charge is -2.11. The minimum atomic E-state index is -1.09. The topological polar surface area (TPSA) is 235 Å². The largest absolute Gasteiger partial charge is 0.491 e. The SMILES string of the molecule is CC(C)Oc1cc(N)cc(C(=O)Nc2ncc(C(=O)O)s2)c1.CCOC(=O)c1cnc(NC(=O)c2cc(OC(C)C)cc([N+](=O)[O-])c2)s1. The number of esters is 1. The summed E-state index contributed by atoms with van der Waals surface area (Å²) in [6.07, 6.45) is 2.22. The van der Waals surface area contributed by atoms with Gasteiger partial charge in [0.25, 0.3) is 17.5 Å². The Morgan fingerprint density at radius 3 is 1.83 bits per heavy atom. The van der Waals surface area contributed by atoms with Crippen LogP contribution in [0.1, 0.15) is 74.7 Å². The fourth-order valence-electron chi connectivity index (χ4n) is 3.65. The van der Waals surface area contributed by atoms with Crippen LogP contribution in [0.4, 0.5) is 21.6 Å². The first-order chi connectivity index (χ1) is 22.6. The Labute approximate surface area is 282 Å². The first kappa shape index (κ1) is 36.8. The van der Waals surface area contributed by atoms with Crippen molar-refractivity contribution >= 4 is 68.1 Å². The molecule has 0 fully saturated rings. The highest BCUT2D eigenvalue weighted by Crippen LogP contribution is 2.26. The number of hydrogen-bond donors (Lipinski definition) is 4. The van der Waals surface area contributed by atoms with Gasteiger partial charge in [0.15, 0.2) is 10.3 Å². The Morgan fingerprint density at radius 1 is 0.854 bits per heavy atom. The fourth-order valence-corrected chi connectivity index (χ4v) is 5.01. The number of carboxylic acid groups (broad SMARTS) is 1. The number of nitrogens with one attached hydrogen (secondary N) is 2. The normalized spacial score (nSPS) is 10.5. The maximum absolute atomic E-state index is 12.4. The summed E-state index contributed by atoms with van der Waals surface area (Å²) < 4.78 is 15.8. The Balaban J connectivity index is 0.000000264. The molecule has 4 aromatic rings. The lowest BCUT2D eigenvalue weighted by molar-refractivity contribution is -0.385. The average molecular weight is 701 g/mol. The first-order valence-electron chi connectivity index (χ1n) is 14.1. The Morgan fingerprint density at radius 2 is 1.35 bits per heavy atom. The number of rotatable bonds is 12. The number of nitro groups is 1. The molecule has 254 valence electrons. The number of hydrogen-bond acceptors (Lipinski definition) is 14. The summed E-state index contributed by atoms with van der Waals surface area (Å²) in [5, 5.41) is 25.3. The molecule has 0 aliphatic rings. The standard InChI is InChI=1S/C16H17N3O6S.C14H15N3O4S/c1-4-24-15(21)13-8-17-16(26-13)18-14(20)10-5-11(19(22)23)7-12(6-10)25-9(2)3;1-7(2)21-10-4-8(3-9(15)5-10)12(18)17-14-16-6-11(22-14)13(19)20/h5-9H,4H2,1-3H3,(H,17,18,20);3-7H,15H2,1-2H3,(H,19,20)(H,16,17,18). The van der Waals surface area contributed by atoms with Crippen LogP contribution >= 0.6 is 22.7 Å². The number of nitrogens with zero attached hydrogens (tertiary/aromatic N) is 3. The van der Waals surface area contributed by atoms with Crippen molar-refractivity contribution in [2.75, 3.05) is 23.0 Å². The van der Waals surface area contributed by atoms with Crippen molar-refractivity contribution in [1.29, 1.82) is 0 Å². The van der Waals surface area contributed by atoms with E-state index in [0.29, 0.717) is 17.0 Å². The van der Waals surface area contributed by atoms with Gasteiger partial charge in [0, 0.05) is 23.4 Å². The number of benzene rings is 2. The summed E-state index contributed by atoms with van der Waals surface area (Å²) in [6.45, 7) is 9.18. The number of amides is 2. The van der Waals surface area contributed by atoms with Crippen LogP contribution in [0.5, 0.6) is 11.5 Å². The number of aromatic nitrogens is 2. The van der Waals surface area contributed by atoms with Crippen molar-refractivity contribution in [1.82, 2.24) is 9.97 Å². The number of nitro benzene ring substituents is 1. The van der Waals surface area contributed by atoms with E-state index < -0.39 is 28.7 Å². The third-order valence-electron chi connectivity index (χ3n) is 5.44. The van der Waals surface area contributed by atoms with Crippen LogP contribution in [0.15, 0.2) is 48.8 Å². The van der Waals surface area contributed by atoms with Crippen molar-refractivity contribution in [2.24, 2.45) is 0 Å². The zero-order valence-electron chi connectivity index (χ0n) is 26.3. The molecule has 0 saturated carbocycles. The quantitative estimate of drug-likeness (QED) is 0.0599. The summed E-state index contributed by atoms with van der Waals surface area (Å²) >= 11 is 1.82. The molecule has 48 heavy (non-hydrogen) atoms. The molecule has 16 nitrogen and oxygen atoms in total. The van der Waals surface area contributed by atoms with Gasteiger partial charge in [0.05, 0.1) is 47.8 Å². The smallest absolute Gasteiger partial charge is 0.350 e. The van der Waals surface area contributed by atoms with E-state index >= 15 is 0 Å². The second kappa shape index (κ2) is 16.8. The van der Waals surface area contributed by atoms with Gasteiger partial charge >= 0.3 is 11.9 Å². The number of anilines is 3. The Bertz CT molecular complexity index is 1800. The van der Waals surface area contributed by atoms with Gasteiger partial charge < -0.3 is 25.1 Å². The highest BCUT2D eigenvalue weighted by atomic mass is 32.1.